The Bertz CT molecular complexity index is 1300. The van der Waals surface area contributed by atoms with Gasteiger partial charge in [-0.2, -0.15) is 5.10 Å². The number of rotatable bonds is 6. The van der Waals surface area contributed by atoms with Crippen molar-refractivity contribution < 1.29 is 14.3 Å². The number of pyridine rings is 1. The molecule has 0 aliphatic rings. The van der Waals surface area contributed by atoms with Crippen LogP contribution in [0.2, 0.25) is 0 Å². The second-order valence-electron chi connectivity index (χ2n) is 7.81. The standard InChI is InChI=1S/C26H25N5O3/c1-17-9-7-13-23(18(17)2)34-19(3)25(32)28-29-26(33)22-16-31(21-11-5-4-6-12-21)30-24(22)20-10-8-14-27-15-20/h4-16,19H,1-3H3,(H,28,32)(H,29,33). The largest absolute Gasteiger partial charge is 0.481 e. The number of carbonyl (C=O) groups is 2. The lowest BCUT2D eigenvalue weighted by Gasteiger charge is -2.17. The summed E-state index contributed by atoms with van der Waals surface area (Å²) in [6.45, 7) is 5.53. The summed E-state index contributed by atoms with van der Waals surface area (Å²) in [5.74, 6) is -0.363. The predicted molar refractivity (Wildman–Crippen MR) is 128 cm³/mol. The zero-order valence-electron chi connectivity index (χ0n) is 19.1. The lowest BCUT2D eigenvalue weighted by atomic mass is 10.1. The fraction of sp³-hybridized carbons (Fsp3) is 0.154. The van der Waals surface area contributed by atoms with E-state index in [2.05, 4.69) is 20.9 Å². The van der Waals surface area contributed by atoms with E-state index in [1.165, 1.54) is 0 Å². The highest BCUT2D eigenvalue weighted by Crippen LogP contribution is 2.23. The zero-order valence-corrected chi connectivity index (χ0v) is 19.1. The molecule has 0 saturated carbocycles. The van der Waals surface area contributed by atoms with Gasteiger partial charge in [0.05, 0.1) is 11.3 Å². The average Bonchev–Trinajstić information content (AvgIpc) is 3.32. The van der Waals surface area contributed by atoms with Crippen LogP contribution in [0.3, 0.4) is 0 Å². The van der Waals surface area contributed by atoms with Gasteiger partial charge in [0.25, 0.3) is 11.8 Å². The van der Waals surface area contributed by atoms with E-state index in [0.29, 0.717) is 22.6 Å². The van der Waals surface area contributed by atoms with Gasteiger partial charge in [-0.1, -0.05) is 30.3 Å². The van der Waals surface area contributed by atoms with E-state index in [4.69, 9.17) is 4.74 Å². The van der Waals surface area contributed by atoms with Crippen molar-refractivity contribution in [3.05, 3.63) is 95.9 Å². The Labute approximate surface area is 197 Å². The SMILES string of the molecule is Cc1cccc(OC(C)C(=O)NNC(=O)c2cn(-c3ccccc3)nc2-c2cccnc2)c1C. The number of aryl methyl sites for hydroxylation is 1. The fourth-order valence-corrected chi connectivity index (χ4v) is 3.35. The maximum atomic E-state index is 13.0. The molecule has 4 rings (SSSR count). The molecule has 0 bridgehead atoms. The number of carbonyl (C=O) groups excluding carboxylic acids is 2. The van der Waals surface area contributed by atoms with Crippen molar-refractivity contribution in [2.24, 2.45) is 0 Å². The molecule has 1 unspecified atom stereocenters. The molecule has 0 spiro atoms. The van der Waals surface area contributed by atoms with E-state index in [-0.39, 0.29) is 0 Å². The normalized spacial score (nSPS) is 11.5. The summed E-state index contributed by atoms with van der Waals surface area (Å²) in [5, 5.41) is 4.59. The first-order chi connectivity index (χ1) is 16.4. The third kappa shape index (κ3) is 4.96. The third-order valence-corrected chi connectivity index (χ3v) is 5.44. The molecule has 0 fully saturated rings. The Balaban J connectivity index is 1.50. The van der Waals surface area contributed by atoms with Gasteiger partial charge in [0.15, 0.2) is 6.10 Å². The van der Waals surface area contributed by atoms with Crippen LogP contribution in [0.25, 0.3) is 16.9 Å². The molecule has 4 aromatic rings. The number of ether oxygens (including phenoxy) is 1. The second-order valence-corrected chi connectivity index (χ2v) is 7.81. The fourth-order valence-electron chi connectivity index (χ4n) is 3.35. The van der Waals surface area contributed by atoms with Gasteiger partial charge in [-0.3, -0.25) is 25.4 Å². The van der Waals surface area contributed by atoms with Crippen LogP contribution in [0.4, 0.5) is 0 Å². The van der Waals surface area contributed by atoms with Crippen LogP contribution < -0.4 is 15.6 Å². The van der Waals surface area contributed by atoms with E-state index >= 15 is 0 Å². The van der Waals surface area contributed by atoms with E-state index in [0.717, 1.165) is 16.8 Å². The van der Waals surface area contributed by atoms with Crippen LogP contribution in [0.1, 0.15) is 28.4 Å². The maximum absolute atomic E-state index is 13.0. The maximum Gasteiger partial charge on any atom is 0.279 e. The second kappa shape index (κ2) is 9.99. The highest BCUT2D eigenvalue weighted by atomic mass is 16.5. The smallest absolute Gasteiger partial charge is 0.279 e. The molecule has 34 heavy (non-hydrogen) atoms. The van der Waals surface area contributed by atoms with Gasteiger partial charge in [0.2, 0.25) is 0 Å². The van der Waals surface area contributed by atoms with Crippen molar-refractivity contribution in [3.63, 3.8) is 0 Å². The summed E-state index contributed by atoms with van der Waals surface area (Å²) in [5.41, 5.74) is 9.16. The monoisotopic (exact) mass is 455 g/mol. The summed E-state index contributed by atoms with van der Waals surface area (Å²) in [6, 6.07) is 18.7. The number of hydrazine groups is 1. The van der Waals surface area contributed by atoms with E-state index < -0.39 is 17.9 Å². The molecule has 2 aromatic heterocycles. The number of hydrogen-bond donors (Lipinski definition) is 2. The Morgan fingerprint density at radius 1 is 0.971 bits per heavy atom. The molecule has 2 aromatic carbocycles. The van der Waals surface area contributed by atoms with Crippen molar-refractivity contribution in [1.29, 1.82) is 0 Å². The molecule has 8 heteroatoms. The number of para-hydroxylation sites is 1. The van der Waals surface area contributed by atoms with Crippen molar-refractivity contribution in [3.8, 4) is 22.7 Å². The van der Waals surface area contributed by atoms with Crippen molar-refractivity contribution in [1.82, 2.24) is 25.6 Å². The van der Waals surface area contributed by atoms with Crippen molar-refractivity contribution in [2.75, 3.05) is 0 Å². The number of benzene rings is 2. The average molecular weight is 456 g/mol. The zero-order chi connectivity index (χ0) is 24.1. The highest BCUT2D eigenvalue weighted by molar-refractivity contribution is 6.00. The van der Waals surface area contributed by atoms with Crippen molar-refractivity contribution in [2.45, 2.75) is 26.9 Å². The van der Waals surface area contributed by atoms with Gasteiger partial charge in [0.1, 0.15) is 11.4 Å². The van der Waals surface area contributed by atoms with Crippen LogP contribution in [0, 0.1) is 13.8 Å². The minimum atomic E-state index is -0.814. The Morgan fingerprint density at radius 2 is 1.76 bits per heavy atom. The van der Waals surface area contributed by atoms with E-state index in [1.807, 2.05) is 68.4 Å². The van der Waals surface area contributed by atoms with Gasteiger partial charge in [-0.25, -0.2) is 4.68 Å². The molecule has 8 nitrogen and oxygen atoms in total. The molecular weight excluding hydrogens is 430 g/mol. The Hall–Kier alpha value is -4.46. The van der Waals surface area contributed by atoms with Crippen LogP contribution >= 0.6 is 0 Å². The van der Waals surface area contributed by atoms with Gasteiger partial charge < -0.3 is 4.74 Å². The molecule has 0 saturated heterocycles. The molecule has 0 aliphatic heterocycles. The first kappa shape index (κ1) is 22.7. The van der Waals surface area contributed by atoms with Crippen LogP contribution in [0.5, 0.6) is 5.75 Å². The van der Waals surface area contributed by atoms with Gasteiger partial charge in [-0.05, 0) is 62.2 Å². The van der Waals surface area contributed by atoms with Crippen LogP contribution in [-0.4, -0.2) is 32.7 Å². The number of hydrogen-bond acceptors (Lipinski definition) is 5. The predicted octanol–water partition coefficient (Wildman–Crippen LogP) is 3.78. The van der Waals surface area contributed by atoms with Crippen LogP contribution in [-0.2, 0) is 4.79 Å². The number of nitrogens with zero attached hydrogens (tertiary/aromatic N) is 3. The minimum absolute atomic E-state index is 0.292. The summed E-state index contributed by atoms with van der Waals surface area (Å²) in [6.07, 6.45) is 4.09. The Morgan fingerprint density at radius 3 is 2.50 bits per heavy atom. The number of nitrogens with one attached hydrogen (secondary N) is 2. The summed E-state index contributed by atoms with van der Waals surface area (Å²) < 4.78 is 7.41. The molecule has 2 N–H and O–H groups in total. The lowest BCUT2D eigenvalue weighted by Crippen LogP contribution is -2.47. The topological polar surface area (TPSA) is 98.1 Å². The van der Waals surface area contributed by atoms with Gasteiger partial charge >= 0.3 is 0 Å². The number of amides is 2. The summed E-state index contributed by atoms with van der Waals surface area (Å²) in [7, 11) is 0. The third-order valence-electron chi connectivity index (χ3n) is 5.44. The summed E-state index contributed by atoms with van der Waals surface area (Å²) >= 11 is 0. The molecule has 2 heterocycles. The van der Waals surface area contributed by atoms with Crippen molar-refractivity contribution >= 4 is 11.8 Å². The molecule has 172 valence electrons. The van der Waals surface area contributed by atoms with E-state index in [1.54, 1.807) is 36.3 Å². The van der Waals surface area contributed by atoms with E-state index in [9.17, 15) is 9.59 Å². The first-order valence-corrected chi connectivity index (χ1v) is 10.8. The quantitative estimate of drug-likeness (QED) is 0.431. The van der Waals surface area contributed by atoms with Gasteiger partial charge in [0, 0.05) is 24.2 Å². The molecule has 1 atom stereocenters. The Kier molecular flexibility index (Phi) is 6.68. The molecule has 0 aliphatic carbocycles. The van der Waals surface area contributed by atoms with Crippen LogP contribution in [0.15, 0.2) is 79.3 Å². The molecular formula is C26H25N5O3. The highest BCUT2D eigenvalue weighted by Gasteiger charge is 2.21. The summed E-state index contributed by atoms with van der Waals surface area (Å²) in [4.78, 5) is 29.7. The lowest BCUT2D eigenvalue weighted by molar-refractivity contribution is -0.128. The van der Waals surface area contributed by atoms with Gasteiger partial charge in [-0.15, -0.1) is 0 Å². The molecule has 0 radical (unpaired) electrons. The molecule has 2 amide bonds. The minimum Gasteiger partial charge on any atom is -0.481 e. The first-order valence-electron chi connectivity index (χ1n) is 10.8. The number of aromatic nitrogens is 3.